The molecule has 154 valence electrons. The van der Waals surface area contributed by atoms with Crippen molar-refractivity contribution in [3.05, 3.63) is 47.0 Å². The molecule has 1 N–H and O–H groups in total. The van der Waals surface area contributed by atoms with Crippen molar-refractivity contribution in [3.8, 4) is 0 Å². The molecule has 1 saturated carbocycles. The van der Waals surface area contributed by atoms with Crippen LogP contribution in [-0.4, -0.2) is 44.7 Å². The highest BCUT2D eigenvalue weighted by molar-refractivity contribution is 5.91. The van der Waals surface area contributed by atoms with Crippen LogP contribution in [0.15, 0.2) is 24.3 Å². The summed E-state index contributed by atoms with van der Waals surface area (Å²) in [5, 5.41) is 12.0. The van der Waals surface area contributed by atoms with Gasteiger partial charge in [-0.3, -0.25) is 9.69 Å². The van der Waals surface area contributed by atoms with E-state index in [4.69, 9.17) is 0 Å². The van der Waals surface area contributed by atoms with Crippen LogP contribution in [0.4, 0.5) is 0 Å². The number of carbonyl (C=O) groups is 1. The first-order valence-corrected chi connectivity index (χ1v) is 11.2. The summed E-state index contributed by atoms with van der Waals surface area (Å²) in [4.78, 5) is 15.4. The van der Waals surface area contributed by atoms with E-state index >= 15 is 0 Å². The third-order valence-electron chi connectivity index (χ3n) is 6.98. The van der Waals surface area contributed by atoms with Gasteiger partial charge in [-0.25, -0.2) is 0 Å². The predicted molar refractivity (Wildman–Crippen MR) is 112 cm³/mol. The quantitative estimate of drug-likeness (QED) is 0.866. The molecule has 29 heavy (non-hydrogen) atoms. The fourth-order valence-corrected chi connectivity index (χ4v) is 5.51. The van der Waals surface area contributed by atoms with Gasteiger partial charge in [0.05, 0.1) is 0 Å². The van der Waals surface area contributed by atoms with Crippen molar-refractivity contribution in [1.82, 2.24) is 25.0 Å². The van der Waals surface area contributed by atoms with E-state index in [1.54, 1.807) is 0 Å². The topological polar surface area (TPSA) is 63.1 Å². The van der Waals surface area contributed by atoms with E-state index in [1.807, 2.05) is 0 Å². The summed E-state index contributed by atoms with van der Waals surface area (Å²) in [5.41, 5.74) is 2.69. The predicted octanol–water partition coefficient (Wildman–Crippen LogP) is 3.27. The maximum Gasteiger partial charge on any atom is 0.289 e. The lowest BCUT2D eigenvalue weighted by atomic mass is 9.89. The number of aryl methyl sites for hydroxylation is 1. The lowest BCUT2D eigenvalue weighted by molar-refractivity contribution is 0.0910. The van der Waals surface area contributed by atoms with Gasteiger partial charge in [-0.05, 0) is 37.7 Å². The zero-order valence-electron chi connectivity index (χ0n) is 17.3. The molecule has 0 unspecified atom stereocenters. The molecule has 1 aliphatic carbocycles. The van der Waals surface area contributed by atoms with Crippen LogP contribution in [0.1, 0.15) is 72.0 Å². The molecule has 2 atom stereocenters. The van der Waals surface area contributed by atoms with Gasteiger partial charge < -0.3 is 9.88 Å². The number of aromatic nitrogens is 3. The molecule has 1 aromatic carbocycles. The van der Waals surface area contributed by atoms with Gasteiger partial charge in [0.15, 0.2) is 0 Å². The summed E-state index contributed by atoms with van der Waals surface area (Å²) in [7, 11) is 0. The Bertz CT molecular complexity index is 885. The summed E-state index contributed by atoms with van der Waals surface area (Å²) >= 11 is 0. The van der Waals surface area contributed by atoms with Gasteiger partial charge in [0.1, 0.15) is 5.82 Å². The third kappa shape index (κ3) is 3.82. The number of fused-ring (bicyclic) bond motifs is 3. The minimum absolute atomic E-state index is 0.0382. The summed E-state index contributed by atoms with van der Waals surface area (Å²) in [6.07, 6.45) is 6.99. The molecular formula is C23H31N5O. The number of likely N-dealkylation sites (tertiary alicyclic amines) is 1. The molecule has 1 aromatic heterocycles. The van der Waals surface area contributed by atoms with Crippen molar-refractivity contribution in [2.75, 3.05) is 13.1 Å². The average molecular weight is 394 g/mol. The smallest absolute Gasteiger partial charge is 0.289 e. The molecule has 1 saturated heterocycles. The van der Waals surface area contributed by atoms with Gasteiger partial charge in [0, 0.05) is 38.1 Å². The van der Waals surface area contributed by atoms with Gasteiger partial charge >= 0.3 is 0 Å². The van der Waals surface area contributed by atoms with E-state index in [2.05, 4.69) is 56.2 Å². The molecule has 2 aliphatic heterocycles. The Hall–Kier alpha value is -2.21. The van der Waals surface area contributed by atoms with Crippen LogP contribution < -0.4 is 5.32 Å². The molecular weight excluding hydrogens is 362 g/mol. The van der Waals surface area contributed by atoms with E-state index < -0.39 is 0 Å². The summed E-state index contributed by atoms with van der Waals surface area (Å²) in [5.74, 6) is 2.50. The number of amides is 1. The fraction of sp³-hybridized carbons (Fsp3) is 0.609. The van der Waals surface area contributed by atoms with Gasteiger partial charge in [0.25, 0.3) is 5.91 Å². The van der Waals surface area contributed by atoms with E-state index in [9.17, 15) is 4.79 Å². The second-order valence-corrected chi connectivity index (χ2v) is 9.18. The molecule has 6 nitrogen and oxygen atoms in total. The normalized spacial score (nSPS) is 24.9. The Balaban J connectivity index is 1.28. The zero-order valence-corrected chi connectivity index (χ0v) is 17.3. The molecule has 3 aliphatic rings. The molecule has 2 fully saturated rings. The number of carbonyl (C=O) groups excluding carboxylic acids is 1. The minimum atomic E-state index is -0.0382. The maximum absolute atomic E-state index is 12.8. The van der Waals surface area contributed by atoms with Crippen molar-refractivity contribution in [1.29, 1.82) is 0 Å². The number of hydrogen-bond donors (Lipinski definition) is 1. The van der Waals surface area contributed by atoms with Crippen LogP contribution in [0.25, 0.3) is 0 Å². The highest BCUT2D eigenvalue weighted by Gasteiger charge is 2.40. The van der Waals surface area contributed by atoms with Gasteiger partial charge in [-0.15, -0.1) is 10.2 Å². The monoisotopic (exact) mass is 393 g/mol. The van der Waals surface area contributed by atoms with Crippen LogP contribution in [0.2, 0.25) is 0 Å². The number of hydrogen-bond acceptors (Lipinski definition) is 4. The highest BCUT2D eigenvalue weighted by atomic mass is 16.2. The number of nitrogens with zero attached hydrogens (tertiary/aromatic N) is 4. The number of rotatable bonds is 4. The molecule has 1 amide bonds. The molecule has 3 heterocycles. The van der Waals surface area contributed by atoms with E-state index in [0.717, 1.165) is 51.3 Å². The van der Waals surface area contributed by atoms with Gasteiger partial charge in [0.2, 0.25) is 5.82 Å². The molecule has 5 rings (SSSR count). The van der Waals surface area contributed by atoms with Gasteiger partial charge in [-0.2, -0.15) is 0 Å². The lowest BCUT2D eigenvalue weighted by Crippen LogP contribution is -2.38. The van der Waals surface area contributed by atoms with Crippen LogP contribution >= 0.6 is 0 Å². The van der Waals surface area contributed by atoms with E-state index in [0.29, 0.717) is 23.7 Å². The van der Waals surface area contributed by atoms with Crippen molar-refractivity contribution in [2.45, 2.75) is 70.5 Å². The highest BCUT2D eigenvalue weighted by Crippen LogP contribution is 2.38. The SMILES string of the molecule is Cc1cccc(CN2C[C@H]3CCn4c(C(=O)NC5CCCCC5)nnc4[C@@H]3C2)c1. The lowest BCUT2D eigenvalue weighted by Gasteiger charge is -2.26. The molecule has 2 aromatic rings. The molecule has 0 bridgehead atoms. The van der Waals surface area contributed by atoms with Crippen LogP contribution in [-0.2, 0) is 13.1 Å². The van der Waals surface area contributed by atoms with Crippen molar-refractivity contribution >= 4 is 5.91 Å². The summed E-state index contributed by atoms with van der Waals surface area (Å²) in [6, 6.07) is 9.08. The Kier molecular flexibility index (Phi) is 5.12. The minimum Gasteiger partial charge on any atom is -0.347 e. The standard InChI is InChI=1S/C23H31N5O/c1-16-6-5-7-17(12-16)13-27-14-18-10-11-28-21(20(18)15-27)25-26-22(28)23(29)24-19-8-3-2-4-9-19/h5-7,12,18-20H,2-4,8-11,13-15H2,1H3,(H,24,29)/t18-,20-/m1/s1. The zero-order chi connectivity index (χ0) is 19.8. The first-order valence-electron chi connectivity index (χ1n) is 11.2. The average Bonchev–Trinajstić information content (AvgIpc) is 3.32. The maximum atomic E-state index is 12.8. The number of benzene rings is 1. The second-order valence-electron chi connectivity index (χ2n) is 9.18. The Morgan fingerprint density at radius 3 is 2.83 bits per heavy atom. The van der Waals surface area contributed by atoms with Crippen molar-refractivity contribution < 1.29 is 4.79 Å². The molecule has 6 heteroatoms. The molecule has 0 radical (unpaired) electrons. The van der Waals surface area contributed by atoms with Crippen LogP contribution in [0.3, 0.4) is 0 Å². The largest absolute Gasteiger partial charge is 0.347 e. The Morgan fingerprint density at radius 2 is 2.00 bits per heavy atom. The Morgan fingerprint density at radius 1 is 1.14 bits per heavy atom. The fourth-order valence-electron chi connectivity index (χ4n) is 5.51. The Labute approximate surface area is 172 Å². The summed E-state index contributed by atoms with van der Waals surface area (Å²) in [6.45, 7) is 6.10. The van der Waals surface area contributed by atoms with Crippen LogP contribution in [0.5, 0.6) is 0 Å². The second kappa shape index (κ2) is 7.90. The third-order valence-corrected chi connectivity index (χ3v) is 6.98. The first kappa shape index (κ1) is 18.8. The number of nitrogens with one attached hydrogen (secondary N) is 1. The van der Waals surface area contributed by atoms with E-state index in [1.165, 1.54) is 30.4 Å². The van der Waals surface area contributed by atoms with Crippen molar-refractivity contribution in [3.63, 3.8) is 0 Å². The van der Waals surface area contributed by atoms with Crippen molar-refractivity contribution in [2.24, 2.45) is 5.92 Å². The van der Waals surface area contributed by atoms with Crippen LogP contribution in [0, 0.1) is 12.8 Å². The summed E-state index contributed by atoms with van der Waals surface area (Å²) < 4.78 is 2.09. The first-order chi connectivity index (χ1) is 14.2. The van der Waals surface area contributed by atoms with E-state index in [-0.39, 0.29) is 5.91 Å². The van der Waals surface area contributed by atoms with Gasteiger partial charge in [-0.1, -0.05) is 49.1 Å². The molecule has 0 spiro atoms.